The molecule has 2 aromatic rings. The van der Waals surface area contributed by atoms with Gasteiger partial charge in [0.25, 0.3) is 0 Å². The van der Waals surface area contributed by atoms with E-state index in [9.17, 15) is 0 Å². The normalized spacial score (nSPS) is 20.4. The van der Waals surface area contributed by atoms with E-state index in [-0.39, 0.29) is 33.7 Å². The third kappa shape index (κ3) is 6.94. The molecule has 0 amide bonds. The fourth-order valence-corrected chi connectivity index (χ4v) is 4.93. The number of hydrogen-bond acceptors (Lipinski definition) is 4. The molecule has 2 heterocycles. The Hall–Kier alpha value is -2.62. The molecule has 0 radical (unpaired) electrons. The molecule has 2 aromatic carbocycles. The minimum atomic E-state index is -0.000916. The van der Waals surface area contributed by atoms with Crippen LogP contribution in [0.3, 0.4) is 0 Å². The second-order valence-corrected chi connectivity index (χ2v) is 15.6. The van der Waals surface area contributed by atoms with E-state index in [2.05, 4.69) is 119 Å². The van der Waals surface area contributed by atoms with Gasteiger partial charge in [-0.1, -0.05) is 119 Å². The van der Waals surface area contributed by atoms with Crippen molar-refractivity contribution in [1.82, 2.24) is 0 Å². The van der Waals surface area contributed by atoms with Gasteiger partial charge in [0.2, 0.25) is 0 Å². The molecule has 0 saturated carbocycles. The lowest BCUT2D eigenvalue weighted by Gasteiger charge is -2.26. The number of benzene rings is 2. The van der Waals surface area contributed by atoms with Crippen molar-refractivity contribution in [3.05, 3.63) is 69.8 Å². The Labute approximate surface area is 237 Å². The van der Waals surface area contributed by atoms with Crippen LogP contribution in [0.25, 0.3) is 0 Å². The summed E-state index contributed by atoms with van der Waals surface area (Å²) in [6, 6.07) is 13.9. The Morgan fingerprint density at radius 3 is 1.05 bits per heavy atom. The van der Waals surface area contributed by atoms with Gasteiger partial charge in [0, 0.05) is 0 Å². The van der Waals surface area contributed by atoms with Crippen molar-refractivity contribution in [2.45, 2.75) is 123 Å². The summed E-state index contributed by atoms with van der Waals surface area (Å²) in [7, 11) is 0. The van der Waals surface area contributed by atoms with Crippen LogP contribution in [0.2, 0.25) is 0 Å². The average molecular weight is 531 g/mol. The Morgan fingerprint density at radius 1 is 0.513 bits per heavy atom. The second kappa shape index (κ2) is 10.1. The van der Waals surface area contributed by atoms with Gasteiger partial charge >= 0.3 is 0 Å². The molecule has 0 N–H and O–H groups in total. The monoisotopic (exact) mass is 530 g/mol. The van der Waals surface area contributed by atoms with Crippen molar-refractivity contribution in [3.63, 3.8) is 0 Å². The highest BCUT2D eigenvalue weighted by atomic mass is 16.5. The van der Waals surface area contributed by atoms with Crippen molar-refractivity contribution < 1.29 is 9.47 Å². The third-order valence-electron chi connectivity index (χ3n) is 7.86. The van der Waals surface area contributed by atoms with Crippen LogP contribution in [-0.4, -0.2) is 25.0 Å². The van der Waals surface area contributed by atoms with E-state index < -0.39 is 0 Å². The third-order valence-corrected chi connectivity index (χ3v) is 7.86. The zero-order chi connectivity index (χ0) is 29.0. The number of rotatable bonds is 4. The van der Waals surface area contributed by atoms with Crippen LogP contribution in [0.1, 0.15) is 135 Å². The summed E-state index contributed by atoms with van der Waals surface area (Å²) in [5.41, 5.74) is 8.09. The molecule has 0 aliphatic carbocycles. The molecule has 212 valence electrons. The van der Waals surface area contributed by atoms with E-state index in [0.717, 1.165) is 11.8 Å². The van der Waals surface area contributed by atoms with Crippen molar-refractivity contribution in [1.29, 1.82) is 0 Å². The molecular formula is C35H50N2O2. The van der Waals surface area contributed by atoms with E-state index >= 15 is 0 Å². The summed E-state index contributed by atoms with van der Waals surface area (Å²) in [6.07, 6.45) is 0.503. The zero-order valence-electron chi connectivity index (χ0n) is 26.5. The van der Waals surface area contributed by atoms with E-state index in [1.807, 2.05) is 0 Å². The van der Waals surface area contributed by atoms with Crippen molar-refractivity contribution in [2.24, 2.45) is 9.98 Å². The van der Waals surface area contributed by atoms with Gasteiger partial charge in [-0.15, -0.1) is 0 Å². The van der Waals surface area contributed by atoms with Crippen LogP contribution < -0.4 is 0 Å². The lowest BCUT2D eigenvalue weighted by Crippen LogP contribution is -2.17. The minimum absolute atomic E-state index is 0.000916. The van der Waals surface area contributed by atoms with Crippen LogP contribution in [0, 0.1) is 0 Å². The van der Waals surface area contributed by atoms with E-state index in [1.54, 1.807) is 0 Å². The Bertz CT molecular complexity index is 1110. The standard InChI is InChI=1S/C35H50N2O2/c1-32(2,3)24-13-22(14-25(17-24)33(4,5)6)28-20-38-30(36-28)19-31-37-29(21-39-31)23-15-26(34(7,8)9)18-27(16-23)35(10,11)12/h13-18,28-29H,19-21H2,1-12H3/t28-,29-/m0/s1. The second-order valence-electron chi connectivity index (χ2n) is 15.6. The lowest BCUT2D eigenvalue weighted by molar-refractivity contribution is 0.300. The fraction of sp³-hybridized carbons (Fsp3) is 0.600. The summed E-state index contributed by atoms with van der Waals surface area (Å²) in [6.45, 7) is 28.4. The summed E-state index contributed by atoms with van der Waals surface area (Å²) >= 11 is 0. The van der Waals surface area contributed by atoms with E-state index in [0.29, 0.717) is 19.6 Å². The van der Waals surface area contributed by atoms with Crippen molar-refractivity contribution in [3.8, 4) is 0 Å². The fourth-order valence-electron chi connectivity index (χ4n) is 4.93. The highest BCUT2D eigenvalue weighted by Crippen LogP contribution is 2.36. The largest absolute Gasteiger partial charge is 0.478 e. The molecule has 0 aromatic heterocycles. The maximum Gasteiger partial charge on any atom is 0.193 e. The van der Waals surface area contributed by atoms with Gasteiger partial charge in [-0.05, 0) is 55.0 Å². The number of aliphatic imine (C=N–C) groups is 2. The Kier molecular flexibility index (Phi) is 7.60. The molecule has 0 spiro atoms. The van der Waals surface area contributed by atoms with Gasteiger partial charge < -0.3 is 9.47 Å². The summed E-state index contributed by atoms with van der Waals surface area (Å²) in [4.78, 5) is 9.98. The number of nitrogens with zero attached hydrogens (tertiary/aromatic N) is 2. The minimum Gasteiger partial charge on any atom is -0.478 e. The predicted octanol–water partition coefficient (Wildman–Crippen LogP) is 8.91. The molecule has 39 heavy (non-hydrogen) atoms. The Morgan fingerprint density at radius 2 is 0.795 bits per heavy atom. The van der Waals surface area contributed by atoms with E-state index in [1.165, 1.54) is 33.4 Å². The van der Waals surface area contributed by atoms with Crippen LogP contribution in [-0.2, 0) is 31.1 Å². The quantitative estimate of drug-likeness (QED) is 0.396. The molecule has 0 fully saturated rings. The molecule has 0 saturated heterocycles. The molecule has 2 aliphatic rings. The SMILES string of the molecule is CC(C)(C)c1cc([C@@H]2COC(CC3=N[C@H](c4cc(C(C)(C)C)cc(C(C)(C)C)c4)CO3)=N2)cc(C(C)(C)C)c1. The van der Waals surface area contributed by atoms with Gasteiger partial charge in [0.1, 0.15) is 25.3 Å². The van der Waals surface area contributed by atoms with Crippen molar-refractivity contribution in [2.75, 3.05) is 13.2 Å². The maximum absolute atomic E-state index is 6.09. The molecule has 0 unspecified atom stereocenters. The van der Waals surface area contributed by atoms with E-state index in [4.69, 9.17) is 19.5 Å². The summed E-state index contributed by atoms with van der Waals surface area (Å²) < 4.78 is 12.2. The lowest BCUT2D eigenvalue weighted by atomic mass is 9.79. The first kappa shape index (κ1) is 29.4. The molecule has 4 heteroatoms. The van der Waals surface area contributed by atoms with Gasteiger partial charge in [-0.3, -0.25) is 0 Å². The van der Waals surface area contributed by atoms with Gasteiger partial charge in [0.05, 0.1) is 6.42 Å². The van der Waals surface area contributed by atoms with Gasteiger partial charge in [-0.25, -0.2) is 9.98 Å². The average Bonchev–Trinajstić information content (AvgIpc) is 3.46. The first-order chi connectivity index (χ1) is 17.8. The van der Waals surface area contributed by atoms with Gasteiger partial charge in [0.15, 0.2) is 11.8 Å². The zero-order valence-corrected chi connectivity index (χ0v) is 26.5. The highest BCUT2D eigenvalue weighted by molar-refractivity contribution is 5.98. The number of ether oxygens (including phenoxy) is 2. The number of hydrogen-bond donors (Lipinski definition) is 0. The van der Waals surface area contributed by atoms with Crippen LogP contribution in [0.5, 0.6) is 0 Å². The summed E-state index contributed by atoms with van der Waals surface area (Å²) in [5.74, 6) is 1.44. The van der Waals surface area contributed by atoms with Crippen LogP contribution in [0.15, 0.2) is 46.4 Å². The van der Waals surface area contributed by atoms with Gasteiger partial charge in [-0.2, -0.15) is 0 Å². The predicted molar refractivity (Wildman–Crippen MR) is 165 cm³/mol. The summed E-state index contributed by atoms with van der Waals surface area (Å²) in [5, 5.41) is 0. The highest BCUT2D eigenvalue weighted by Gasteiger charge is 2.30. The molecule has 4 rings (SSSR count). The first-order valence-corrected chi connectivity index (χ1v) is 14.5. The molecule has 4 nitrogen and oxygen atoms in total. The smallest absolute Gasteiger partial charge is 0.193 e. The maximum atomic E-state index is 6.09. The molecule has 0 bridgehead atoms. The molecule has 2 atom stereocenters. The molecular weight excluding hydrogens is 480 g/mol. The Balaban J connectivity index is 1.57. The van der Waals surface area contributed by atoms with Crippen LogP contribution in [0.4, 0.5) is 0 Å². The van der Waals surface area contributed by atoms with Crippen molar-refractivity contribution >= 4 is 11.8 Å². The molecule has 2 aliphatic heterocycles. The first-order valence-electron chi connectivity index (χ1n) is 14.5. The topological polar surface area (TPSA) is 43.2 Å². The van der Waals surface area contributed by atoms with Crippen LogP contribution >= 0.6 is 0 Å².